The number of carbonyl (C=O) groups excluding carboxylic acids is 1. The molecule has 16 heavy (non-hydrogen) atoms. The maximum atomic E-state index is 11.6. The highest BCUT2D eigenvalue weighted by atomic mass is 79.9. The molecule has 7 heteroatoms. The second kappa shape index (κ2) is 6.00. The fraction of sp³-hybridized carbons (Fsp3) is 0.444. The van der Waals surface area contributed by atoms with E-state index in [1.807, 2.05) is 6.92 Å². The van der Waals surface area contributed by atoms with Gasteiger partial charge in [0.25, 0.3) is 5.56 Å². The number of carbonyl (C=O) groups is 1. The summed E-state index contributed by atoms with van der Waals surface area (Å²) in [4.78, 5) is 26.6. The van der Waals surface area contributed by atoms with Gasteiger partial charge < -0.3 is 5.32 Å². The number of hydrogen-bond donors (Lipinski definition) is 1. The van der Waals surface area contributed by atoms with E-state index in [1.165, 1.54) is 10.9 Å². The molecule has 0 unspecified atom stereocenters. The summed E-state index contributed by atoms with van der Waals surface area (Å²) in [6.07, 6.45) is 1.57. The molecule has 5 nitrogen and oxygen atoms in total. The third-order valence-electron chi connectivity index (χ3n) is 1.89. The molecule has 0 bridgehead atoms. The SMILES string of the molecule is CCNC(=O)CCn1cnc(Cl)c(Br)c1=O. The van der Waals surface area contributed by atoms with E-state index in [1.54, 1.807) is 0 Å². The largest absolute Gasteiger partial charge is 0.356 e. The Hall–Kier alpha value is -0.880. The predicted molar refractivity (Wildman–Crippen MR) is 64.5 cm³/mol. The summed E-state index contributed by atoms with van der Waals surface area (Å²) in [5.41, 5.74) is -0.288. The Balaban J connectivity index is 2.72. The van der Waals surface area contributed by atoms with Gasteiger partial charge in [0.2, 0.25) is 5.91 Å². The average molecular weight is 309 g/mol. The minimum Gasteiger partial charge on any atom is -0.356 e. The van der Waals surface area contributed by atoms with E-state index in [0.29, 0.717) is 6.54 Å². The summed E-state index contributed by atoms with van der Waals surface area (Å²) < 4.78 is 1.55. The number of amides is 1. The van der Waals surface area contributed by atoms with Gasteiger partial charge in [-0.1, -0.05) is 11.6 Å². The number of rotatable bonds is 4. The van der Waals surface area contributed by atoms with Crippen LogP contribution < -0.4 is 10.9 Å². The quantitative estimate of drug-likeness (QED) is 0.850. The van der Waals surface area contributed by atoms with Crippen molar-refractivity contribution in [3.05, 3.63) is 26.3 Å². The molecule has 0 aliphatic carbocycles. The molecule has 1 amide bonds. The van der Waals surface area contributed by atoms with E-state index in [9.17, 15) is 9.59 Å². The fourth-order valence-electron chi connectivity index (χ4n) is 1.11. The summed E-state index contributed by atoms with van der Waals surface area (Å²) in [7, 11) is 0. The second-order valence-corrected chi connectivity index (χ2v) is 4.20. The van der Waals surface area contributed by atoms with Crippen molar-refractivity contribution in [2.45, 2.75) is 19.9 Å². The molecule has 0 fully saturated rings. The van der Waals surface area contributed by atoms with Gasteiger partial charge in [-0.2, -0.15) is 0 Å². The summed E-state index contributed by atoms with van der Waals surface area (Å²) in [5, 5.41) is 2.77. The number of aromatic nitrogens is 2. The molecule has 1 aromatic heterocycles. The van der Waals surface area contributed by atoms with E-state index < -0.39 is 0 Å². The van der Waals surface area contributed by atoms with Gasteiger partial charge in [-0.3, -0.25) is 14.2 Å². The molecule has 0 spiro atoms. The topological polar surface area (TPSA) is 64.0 Å². The molecule has 0 aliphatic heterocycles. The van der Waals surface area contributed by atoms with Crippen LogP contribution in [0.3, 0.4) is 0 Å². The molecular formula is C9H11BrClN3O2. The molecular weight excluding hydrogens is 297 g/mol. The Labute approximate surface area is 106 Å². The van der Waals surface area contributed by atoms with Gasteiger partial charge in [-0.05, 0) is 22.9 Å². The van der Waals surface area contributed by atoms with Crippen molar-refractivity contribution in [3.8, 4) is 0 Å². The average Bonchev–Trinajstić information content (AvgIpc) is 2.25. The van der Waals surface area contributed by atoms with Crippen molar-refractivity contribution < 1.29 is 4.79 Å². The lowest BCUT2D eigenvalue weighted by atomic mass is 10.4. The first-order valence-electron chi connectivity index (χ1n) is 4.73. The van der Waals surface area contributed by atoms with Crippen molar-refractivity contribution in [1.29, 1.82) is 0 Å². The summed E-state index contributed by atoms with van der Waals surface area (Å²) in [5.74, 6) is -0.0968. The van der Waals surface area contributed by atoms with Gasteiger partial charge in [0.1, 0.15) is 4.47 Å². The number of nitrogens with zero attached hydrogens (tertiary/aromatic N) is 2. The smallest absolute Gasteiger partial charge is 0.269 e. The summed E-state index contributed by atoms with van der Waals surface area (Å²) in [6, 6.07) is 0. The van der Waals surface area contributed by atoms with Gasteiger partial charge >= 0.3 is 0 Å². The van der Waals surface area contributed by atoms with Gasteiger partial charge in [0.05, 0.1) is 6.33 Å². The van der Waals surface area contributed by atoms with E-state index in [-0.39, 0.29) is 34.1 Å². The maximum Gasteiger partial charge on any atom is 0.269 e. The van der Waals surface area contributed by atoms with Gasteiger partial charge in [0, 0.05) is 19.5 Å². The van der Waals surface area contributed by atoms with Gasteiger partial charge in [-0.15, -0.1) is 0 Å². The lowest BCUT2D eigenvalue weighted by molar-refractivity contribution is -0.121. The molecule has 1 rings (SSSR count). The zero-order valence-electron chi connectivity index (χ0n) is 8.67. The normalized spacial score (nSPS) is 10.2. The zero-order valence-corrected chi connectivity index (χ0v) is 11.0. The van der Waals surface area contributed by atoms with Crippen LogP contribution in [0.15, 0.2) is 15.6 Å². The highest BCUT2D eigenvalue weighted by Gasteiger charge is 2.07. The molecule has 0 radical (unpaired) electrons. The van der Waals surface area contributed by atoms with E-state index >= 15 is 0 Å². The molecule has 0 saturated carbocycles. The minimum atomic E-state index is -0.288. The van der Waals surface area contributed by atoms with Crippen molar-refractivity contribution in [2.75, 3.05) is 6.54 Å². The van der Waals surface area contributed by atoms with Crippen molar-refractivity contribution in [1.82, 2.24) is 14.9 Å². The number of aryl methyl sites for hydroxylation is 1. The molecule has 0 saturated heterocycles. The van der Waals surface area contributed by atoms with Crippen molar-refractivity contribution >= 4 is 33.4 Å². The molecule has 0 aromatic carbocycles. The third-order valence-corrected chi connectivity index (χ3v) is 3.12. The Morgan fingerprint density at radius 1 is 1.69 bits per heavy atom. The van der Waals surface area contributed by atoms with Crippen LogP contribution >= 0.6 is 27.5 Å². The summed E-state index contributed by atoms with van der Waals surface area (Å²) >= 11 is 8.69. The van der Waals surface area contributed by atoms with Crippen LogP contribution in [-0.4, -0.2) is 22.0 Å². The molecule has 88 valence electrons. The molecule has 0 atom stereocenters. The third kappa shape index (κ3) is 3.31. The zero-order chi connectivity index (χ0) is 12.1. The number of hydrogen-bond acceptors (Lipinski definition) is 3. The Kier molecular flexibility index (Phi) is 4.95. The fourth-order valence-corrected chi connectivity index (χ4v) is 1.57. The van der Waals surface area contributed by atoms with E-state index in [0.717, 1.165) is 0 Å². The molecule has 1 heterocycles. The molecule has 0 aliphatic rings. The molecule has 1 aromatic rings. The van der Waals surface area contributed by atoms with Crippen LogP contribution in [-0.2, 0) is 11.3 Å². The van der Waals surface area contributed by atoms with E-state index in [2.05, 4.69) is 26.2 Å². The van der Waals surface area contributed by atoms with Gasteiger partial charge in [-0.25, -0.2) is 4.98 Å². The first-order valence-corrected chi connectivity index (χ1v) is 5.90. The Bertz CT molecular complexity index is 447. The first-order chi connectivity index (χ1) is 7.56. The lowest BCUT2D eigenvalue weighted by Gasteiger charge is -2.06. The number of halogens is 2. The lowest BCUT2D eigenvalue weighted by Crippen LogP contribution is -2.27. The Morgan fingerprint density at radius 2 is 2.38 bits per heavy atom. The Morgan fingerprint density at radius 3 is 3.00 bits per heavy atom. The van der Waals surface area contributed by atoms with E-state index in [4.69, 9.17) is 11.6 Å². The van der Waals surface area contributed by atoms with Crippen molar-refractivity contribution in [3.63, 3.8) is 0 Å². The van der Waals surface area contributed by atoms with Crippen LogP contribution in [0.5, 0.6) is 0 Å². The summed E-state index contributed by atoms with van der Waals surface area (Å²) in [6.45, 7) is 2.70. The van der Waals surface area contributed by atoms with Gasteiger partial charge in [0.15, 0.2) is 5.15 Å². The number of nitrogens with one attached hydrogen (secondary N) is 1. The second-order valence-electron chi connectivity index (χ2n) is 3.05. The van der Waals surface area contributed by atoms with Crippen LogP contribution in [0, 0.1) is 0 Å². The van der Waals surface area contributed by atoms with Crippen LogP contribution in [0.4, 0.5) is 0 Å². The van der Waals surface area contributed by atoms with Crippen molar-refractivity contribution in [2.24, 2.45) is 0 Å². The standard InChI is InChI=1S/C9H11BrClN3O2/c1-2-12-6(15)3-4-14-5-13-8(11)7(10)9(14)16/h5H,2-4H2,1H3,(H,12,15). The highest BCUT2D eigenvalue weighted by molar-refractivity contribution is 9.10. The minimum absolute atomic E-state index is 0.0968. The predicted octanol–water partition coefficient (Wildman–Crippen LogP) is 1.19. The van der Waals surface area contributed by atoms with Crippen LogP contribution in [0.2, 0.25) is 5.15 Å². The maximum absolute atomic E-state index is 11.6. The first kappa shape index (κ1) is 13.2. The molecule has 1 N–H and O–H groups in total. The monoisotopic (exact) mass is 307 g/mol. The highest BCUT2D eigenvalue weighted by Crippen LogP contribution is 2.13. The van der Waals surface area contributed by atoms with Crippen LogP contribution in [0.1, 0.15) is 13.3 Å². The van der Waals surface area contributed by atoms with Crippen LogP contribution in [0.25, 0.3) is 0 Å².